The van der Waals surface area contributed by atoms with Crippen LogP contribution in [0.5, 0.6) is 0 Å². The average molecular weight is 373 g/mol. The molecule has 0 aliphatic heterocycles. The van der Waals surface area contributed by atoms with E-state index in [0.29, 0.717) is 0 Å². The van der Waals surface area contributed by atoms with Crippen LogP contribution >= 0.6 is 22.7 Å². The Balaban J connectivity index is 0.000000115. The maximum absolute atomic E-state index is 2.33. The van der Waals surface area contributed by atoms with Crippen LogP contribution in [0.3, 0.4) is 0 Å². The Kier molecular flexibility index (Phi) is 3.84. The van der Waals surface area contributed by atoms with Gasteiger partial charge in [-0.25, -0.2) is 0 Å². The van der Waals surface area contributed by atoms with Crippen LogP contribution in [0.1, 0.15) is 34.7 Å². The molecule has 0 saturated heterocycles. The maximum Gasteiger partial charge on any atom is 0.0352 e. The van der Waals surface area contributed by atoms with Crippen LogP contribution in [0.2, 0.25) is 0 Å². The maximum atomic E-state index is 2.33. The highest BCUT2D eigenvalue weighted by Gasteiger charge is 2.16. The molecule has 0 unspecified atom stereocenters. The van der Waals surface area contributed by atoms with Gasteiger partial charge in [-0.1, -0.05) is 53.6 Å². The Hall–Kier alpha value is -2.16. The summed E-state index contributed by atoms with van der Waals surface area (Å²) in [4.78, 5) is 3.01. The Morgan fingerprint density at radius 3 is 2.15 bits per heavy atom. The summed E-state index contributed by atoms with van der Waals surface area (Å²) in [5.41, 5.74) is 6.00. The van der Waals surface area contributed by atoms with Gasteiger partial charge in [-0.3, -0.25) is 0 Å². The quantitative estimate of drug-likeness (QED) is 0.296. The lowest BCUT2D eigenvalue weighted by Crippen LogP contribution is -1.78. The van der Waals surface area contributed by atoms with Crippen molar-refractivity contribution in [3.63, 3.8) is 0 Å². The fourth-order valence-electron chi connectivity index (χ4n) is 3.93. The standard InChI is InChI=1S/2C12H10S/c2*1-8-6-10-9-4-2-3-5-11(9)13-12(10)7-8/h2-5,7H,6H2,1H3;2-6H,7H2,1H3. The van der Waals surface area contributed by atoms with Gasteiger partial charge in [0.1, 0.15) is 0 Å². The molecule has 2 aromatic carbocycles. The monoisotopic (exact) mass is 372 g/mol. The molecule has 0 fully saturated rings. The molecule has 4 aromatic rings. The summed E-state index contributed by atoms with van der Waals surface area (Å²) in [5, 5.41) is 2.88. The molecule has 0 spiro atoms. The first kappa shape index (κ1) is 16.0. The van der Waals surface area contributed by atoms with Crippen molar-refractivity contribution in [1.82, 2.24) is 0 Å². The molecule has 0 bridgehead atoms. The molecule has 6 rings (SSSR count). The molecule has 0 saturated carbocycles. The predicted molar refractivity (Wildman–Crippen MR) is 118 cm³/mol. The molecule has 0 radical (unpaired) electrons. The molecular formula is C24H20S2. The fourth-order valence-corrected chi connectivity index (χ4v) is 6.46. The molecule has 0 atom stereocenters. The van der Waals surface area contributed by atoms with Crippen LogP contribution in [0.25, 0.3) is 32.3 Å². The van der Waals surface area contributed by atoms with E-state index in [-0.39, 0.29) is 0 Å². The molecule has 2 heterocycles. The second-order valence-electron chi connectivity index (χ2n) is 7.21. The lowest BCUT2D eigenvalue weighted by atomic mass is 10.1. The number of thiophene rings is 2. The fraction of sp³-hybridized carbons (Fsp3) is 0.167. The van der Waals surface area contributed by atoms with E-state index < -0.39 is 0 Å². The highest BCUT2D eigenvalue weighted by atomic mass is 32.1. The van der Waals surface area contributed by atoms with Gasteiger partial charge in [0.2, 0.25) is 0 Å². The Labute approximate surface area is 162 Å². The predicted octanol–water partition coefficient (Wildman–Crippen LogP) is 7.72. The molecule has 2 aromatic heterocycles. The SMILES string of the molecule is CC1=Cc2c(sc3ccccc23)C1.CC1=Cc2sc3ccccc3c2C1. The summed E-state index contributed by atoms with van der Waals surface area (Å²) in [7, 11) is 0. The van der Waals surface area contributed by atoms with Gasteiger partial charge >= 0.3 is 0 Å². The van der Waals surface area contributed by atoms with Crippen molar-refractivity contribution in [3.8, 4) is 0 Å². The third-order valence-electron chi connectivity index (χ3n) is 5.10. The number of hydrogen-bond acceptors (Lipinski definition) is 2. The molecule has 2 heteroatoms. The highest BCUT2D eigenvalue weighted by Crippen LogP contribution is 2.39. The van der Waals surface area contributed by atoms with Crippen molar-refractivity contribution in [1.29, 1.82) is 0 Å². The molecule has 2 aliphatic carbocycles. The van der Waals surface area contributed by atoms with Gasteiger partial charge in [0.05, 0.1) is 0 Å². The Bertz CT molecular complexity index is 1190. The second-order valence-corrected chi connectivity index (χ2v) is 9.43. The van der Waals surface area contributed by atoms with Gasteiger partial charge in [0.25, 0.3) is 0 Å². The summed E-state index contributed by atoms with van der Waals surface area (Å²) in [6.07, 6.45) is 6.96. The van der Waals surface area contributed by atoms with Crippen molar-refractivity contribution >= 4 is 55.0 Å². The van der Waals surface area contributed by atoms with Crippen LogP contribution in [-0.2, 0) is 12.8 Å². The smallest absolute Gasteiger partial charge is 0.0352 e. The van der Waals surface area contributed by atoms with E-state index in [1.807, 2.05) is 22.7 Å². The zero-order valence-corrected chi connectivity index (χ0v) is 16.6. The first-order valence-corrected chi connectivity index (χ1v) is 10.7. The minimum Gasteiger partial charge on any atom is -0.139 e. The van der Waals surface area contributed by atoms with Gasteiger partial charge < -0.3 is 0 Å². The Morgan fingerprint density at radius 2 is 1.35 bits per heavy atom. The van der Waals surface area contributed by atoms with Crippen LogP contribution < -0.4 is 0 Å². The third-order valence-corrected chi connectivity index (χ3v) is 7.45. The number of rotatable bonds is 0. The molecule has 0 N–H and O–H groups in total. The number of allylic oxidation sites excluding steroid dienone is 2. The lowest BCUT2D eigenvalue weighted by Gasteiger charge is -1.93. The Morgan fingerprint density at radius 1 is 0.692 bits per heavy atom. The normalized spacial score (nSPS) is 14.7. The minimum atomic E-state index is 1.15. The highest BCUT2D eigenvalue weighted by molar-refractivity contribution is 7.20. The average Bonchev–Trinajstić information content (AvgIpc) is 3.34. The summed E-state index contributed by atoms with van der Waals surface area (Å²) in [5.74, 6) is 0. The summed E-state index contributed by atoms with van der Waals surface area (Å²) in [6, 6.07) is 17.4. The summed E-state index contributed by atoms with van der Waals surface area (Å²) in [6.45, 7) is 4.42. The van der Waals surface area contributed by atoms with Crippen molar-refractivity contribution < 1.29 is 0 Å². The van der Waals surface area contributed by atoms with E-state index in [0.717, 1.165) is 12.8 Å². The van der Waals surface area contributed by atoms with E-state index in [2.05, 4.69) is 74.5 Å². The van der Waals surface area contributed by atoms with Crippen molar-refractivity contribution in [2.75, 3.05) is 0 Å². The largest absolute Gasteiger partial charge is 0.139 e. The summed E-state index contributed by atoms with van der Waals surface area (Å²) >= 11 is 3.85. The van der Waals surface area contributed by atoms with Gasteiger partial charge in [0.15, 0.2) is 0 Å². The van der Waals surface area contributed by atoms with E-state index in [1.54, 1.807) is 4.88 Å². The minimum absolute atomic E-state index is 1.15. The zero-order chi connectivity index (χ0) is 17.7. The van der Waals surface area contributed by atoms with E-state index in [4.69, 9.17) is 0 Å². The number of hydrogen-bond donors (Lipinski definition) is 0. The van der Waals surface area contributed by atoms with Crippen LogP contribution in [0.4, 0.5) is 0 Å². The van der Waals surface area contributed by atoms with Gasteiger partial charge in [-0.05, 0) is 60.4 Å². The van der Waals surface area contributed by atoms with Gasteiger partial charge in [-0.15, -0.1) is 22.7 Å². The number of benzene rings is 2. The van der Waals surface area contributed by atoms with Crippen molar-refractivity contribution in [2.45, 2.75) is 26.7 Å². The van der Waals surface area contributed by atoms with Gasteiger partial charge in [0, 0.05) is 25.6 Å². The topological polar surface area (TPSA) is 0 Å². The van der Waals surface area contributed by atoms with Gasteiger partial charge in [-0.2, -0.15) is 0 Å². The second kappa shape index (κ2) is 6.22. The number of fused-ring (bicyclic) bond motifs is 6. The zero-order valence-electron chi connectivity index (χ0n) is 15.0. The van der Waals surface area contributed by atoms with Crippen LogP contribution in [-0.4, -0.2) is 0 Å². The molecular weight excluding hydrogens is 352 g/mol. The van der Waals surface area contributed by atoms with E-state index in [1.165, 1.54) is 47.3 Å². The molecule has 128 valence electrons. The molecule has 26 heavy (non-hydrogen) atoms. The van der Waals surface area contributed by atoms with E-state index >= 15 is 0 Å². The molecule has 0 nitrogen and oxygen atoms in total. The third kappa shape index (κ3) is 2.65. The van der Waals surface area contributed by atoms with Crippen molar-refractivity contribution in [3.05, 3.63) is 80.6 Å². The van der Waals surface area contributed by atoms with Crippen LogP contribution in [0, 0.1) is 0 Å². The molecule has 0 amide bonds. The first-order valence-electron chi connectivity index (χ1n) is 9.04. The van der Waals surface area contributed by atoms with Crippen LogP contribution in [0.15, 0.2) is 59.7 Å². The first-order chi connectivity index (χ1) is 12.7. The lowest BCUT2D eigenvalue weighted by molar-refractivity contribution is 1.22. The molecule has 2 aliphatic rings. The summed E-state index contributed by atoms with van der Waals surface area (Å²) < 4.78 is 2.85. The van der Waals surface area contributed by atoms with E-state index in [9.17, 15) is 0 Å². The van der Waals surface area contributed by atoms with Crippen molar-refractivity contribution in [2.24, 2.45) is 0 Å².